The first kappa shape index (κ1) is 15.9. The molecule has 124 valence electrons. The summed E-state index contributed by atoms with van der Waals surface area (Å²) < 4.78 is 0. The van der Waals surface area contributed by atoms with Crippen LogP contribution in [0.5, 0.6) is 0 Å². The first-order chi connectivity index (χ1) is 12.2. The van der Waals surface area contributed by atoms with Crippen LogP contribution in [0.4, 0.5) is 5.69 Å². The predicted molar refractivity (Wildman–Crippen MR) is 99.7 cm³/mol. The standard InChI is InChI=1S/C20H17ClN4/c21-16-9-14(12-22)10-17(11-16)25-8-6-15-4-5-19(24-20(15)13-25)18-3-1-2-7-23-18/h1-3,7,9-11,13,15H,4-6,8H2. The number of aliphatic imine (C=N–C) groups is 1. The van der Waals surface area contributed by atoms with E-state index >= 15 is 0 Å². The summed E-state index contributed by atoms with van der Waals surface area (Å²) in [6.07, 6.45) is 7.03. The molecule has 1 unspecified atom stereocenters. The second kappa shape index (κ2) is 6.70. The minimum atomic E-state index is 0.498. The van der Waals surface area contributed by atoms with Gasteiger partial charge in [0.15, 0.2) is 0 Å². The average molecular weight is 349 g/mol. The number of halogens is 1. The maximum atomic E-state index is 9.16. The van der Waals surface area contributed by atoms with E-state index in [2.05, 4.69) is 22.2 Å². The summed E-state index contributed by atoms with van der Waals surface area (Å²) in [5.74, 6) is 0.498. The van der Waals surface area contributed by atoms with Crippen molar-refractivity contribution < 1.29 is 0 Å². The van der Waals surface area contributed by atoms with Crippen molar-refractivity contribution >= 4 is 23.0 Å². The molecule has 1 aromatic heterocycles. The van der Waals surface area contributed by atoms with Crippen molar-refractivity contribution in [2.75, 3.05) is 11.4 Å². The molecule has 2 aliphatic heterocycles. The number of fused-ring (bicyclic) bond motifs is 1. The fourth-order valence-corrected chi connectivity index (χ4v) is 3.66. The van der Waals surface area contributed by atoms with Crippen LogP contribution in [0.25, 0.3) is 0 Å². The summed E-state index contributed by atoms with van der Waals surface area (Å²) in [5, 5.41) is 9.74. The fourth-order valence-electron chi connectivity index (χ4n) is 3.43. The van der Waals surface area contributed by atoms with Crippen molar-refractivity contribution in [3.05, 3.63) is 70.8 Å². The number of anilines is 1. The van der Waals surface area contributed by atoms with Gasteiger partial charge in [0, 0.05) is 35.6 Å². The van der Waals surface area contributed by atoms with E-state index in [-0.39, 0.29) is 0 Å². The molecular formula is C20H17ClN4. The molecule has 0 amide bonds. The van der Waals surface area contributed by atoms with Crippen molar-refractivity contribution in [1.82, 2.24) is 4.98 Å². The lowest BCUT2D eigenvalue weighted by atomic mass is 9.88. The summed E-state index contributed by atoms with van der Waals surface area (Å²) in [7, 11) is 0. The number of pyridine rings is 1. The number of hydrogen-bond acceptors (Lipinski definition) is 4. The van der Waals surface area contributed by atoms with Gasteiger partial charge in [-0.05, 0) is 49.6 Å². The molecule has 0 bridgehead atoms. The lowest BCUT2D eigenvalue weighted by Gasteiger charge is -2.33. The molecule has 0 saturated heterocycles. The van der Waals surface area contributed by atoms with Crippen LogP contribution >= 0.6 is 11.6 Å². The van der Waals surface area contributed by atoms with Gasteiger partial charge in [-0.25, -0.2) is 0 Å². The van der Waals surface area contributed by atoms with Crippen molar-refractivity contribution in [2.45, 2.75) is 19.3 Å². The second-order valence-corrected chi connectivity index (χ2v) is 6.79. The molecule has 0 aliphatic carbocycles. The lowest BCUT2D eigenvalue weighted by molar-refractivity contribution is 0.493. The van der Waals surface area contributed by atoms with Gasteiger partial charge in [0.05, 0.1) is 28.7 Å². The number of aromatic nitrogens is 1. The van der Waals surface area contributed by atoms with Gasteiger partial charge >= 0.3 is 0 Å². The zero-order valence-corrected chi connectivity index (χ0v) is 14.4. The highest BCUT2D eigenvalue weighted by atomic mass is 35.5. The Morgan fingerprint density at radius 2 is 2.12 bits per heavy atom. The largest absolute Gasteiger partial charge is 0.346 e. The quantitative estimate of drug-likeness (QED) is 0.799. The Kier molecular flexibility index (Phi) is 4.25. The third-order valence-corrected chi connectivity index (χ3v) is 4.94. The van der Waals surface area contributed by atoms with Crippen LogP contribution in [0.2, 0.25) is 5.02 Å². The van der Waals surface area contributed by atoms with Gasteiger partial charge in [-0.15, -0.1) is 0 Å². The molecule has 3 heterocycles. The molecule has 1 aromatic carbocycles. The summed E-state index contributed by atoms with van der Waals surface area (Å²) in [5.41, 5.74) is 4.61. The fraction of sp³-hybridized carbons (Fsp3) is 0.250. The lowest BCUT2D eigenvalue weighted by Crippen LogP contribution is -2.29. The van der Waals surface area contributed by atoms with Crippen molar-refractivity contribution in [3.8, 4) is 6.07 Å². The Morgan fingerprint density at radius 1 is 1.20 bits per heavy atom. The maximum absolute atomic E-state index is 9.16. The molecule has 2 aromatic rings. The Labute approximate surface area is 152 Å². The third-order valence-electron chi connectivity index (χ3n) is 4.72. The monoisotopic (exact) mass is 348 g/mol. The maximum Gasteiger partial charge on any atom is 0.0992 e. The highest BCUT2D eigenvalue weighted by molar-refractivity contribution is 6.31. The first-order valence-corrected chi connectivity index (χ1v) is 8.79. The molecule has 25 heavy (non-hydrogen) atoms. The number of nitriles is 1. The van der Waals surface area contributed by atoms with Gasteiger partial charge in [0.2, 0.25) is 0 Å². The highest BCUT2D eigenvalue weighted by Crippen LogP contribution is 2.35. The van der Waals surface area contributed by atoms with E-state index in [1.54, 1.807) is 12.3 Å². The van der Waals surface area contributed by atoms with Crippen molar-refractivity contribution in [1.29, 1.82) is 5.26 Å². The molecule has 0 N–H and O–H groups in total. The number of benzene rings is 1. The van der Waals surface area contributed by atoms with Crippen LogP contribution in [-0.4, -0.2) is 17.2 Å². The van der Waals surface area contributed by atoms with Gasteiger partial charge in [-0.2, -0.15) is 5.26 Å². The molecule has 0 fully saturated rings. The molecule has 0 spiro atoms. The number of nitrogens with zero attached hydrogens (tertiary/aromatic N) is 4. The van der Waals surface area contributed by atoms with E-state index in [0.29, 0.717) is 16.5 Å². The zero-order chi connectivity index (χ0) is 17.2. The van der Waals surface area contributed by atoms with E-state index in [0.717, 1.165) is 48.6 Å². The Balaban J connectivity index is 1.68. The van der Waals surface area contributed by atoms with Gasteiger partial charge < -0.3 is 4.90 Å². The topological polar surface area (TPSA) is 52.3 Å². The summed E-state index contributed by atoms with van der Waals surface area (Å²) in [4.78, 5) is 11.5. The van der Waals surface area contributed by atoms with Crippen molar-refractivity contribution in [3.63, 3.8) is 0 Å². The van der Waals surface area contributed by atoms with Gasteiger partial charge in [0.1, 0.15) is 0 Å². The Bertz CT molecular complexity index is 896. The predicted octanol–water partition coefficient (Wildman–Crippen LogP) is 4.56. The average Bonchev–Trinajstić information content (AvgIpc) is 2.67. The molecule has 5 heteroatoms. The minimum absolute atomic E-state index is 0.498. The molecule has 0 radical (unpaired) electrons. The number of rotatable bonds is 2. The van der Waals surface area contributed by atoms with Crippen LogP contribution in [0.1, 0.15) is 30.5 Å². The molecule has 1 atom stereocenters. The summed E-state index contributed by atoms with van der Waals surface area (Å²) in [6, 6.07) is 13.5. The molecular weight excluding hydrogens is 332 g/mol. The smallest absolute Gasteiger partial charge is 0.0992 e. The Morgan fingerprint density at radius 3 is 2.92 bits per heavy atom. The van der Waals surface area contributed by atoms with Crippen LogP contribution in [0.15, 0.2) is 59.5 Å². The van der Waals surface area contributed by atoms with E-state index < -0.39 is 0 Å². The first-order valence-electron chi connectivity index (χ1n) is 8.41. The van der Waals surface area contributed by atoms with E-state index in [1.165, 1.54) is 0 Å². The van der Waals surface area contributed by atoms with Crippen LogP contribution in [-0.2, 0) is 0 Å². The van der Waals surface area contributed by atoms with Gasteiger partial charge in [-0.1, -0.05) is 17.7 Å². The number of hydrogen-bond donors (Lipinski definition) is 0. The van der Waals surface area contributed by atoms with Crippen LogP contribution in [0.3, 0.4) is 0 Å². The summed E-state index contributed by atoms with van der Waals surface area (Å²) >= 11 is 6.15. The molecule has 2 aliphatic rings. The van der Waals surface area contributed by atoms with Gasteiger partial charge in [-0.3, -0.25) is 9.98 Å². The number of allylic oxidation sites excluding steroid dienone is 1. The zero-order valence-electron chi connectivity index (χ0n) is 13.7. The highest BCUT2D eigenvalue weighted by Gasteiger charge is 2.27. The Hall–Kier alpha value is -2.64. The van der Waals surface area contributed by atoms with Crippen molar-refractivity contribution in [2.24, 2.45) is 10.9 Å². The normalized spacial score (nSPS) is 19.5. The third kappa shape index (κ3) is 3.29. The van der Waals surface area contributed by atoms with Gasteiger partial charge in [0.25, 0.3) is 0 Å². The minimum Gasteiger partial charge on any atom is -0.346 e. The SMILES string of the molecule is N#Cc1cc(Cl)cc(N2C=C3N=C(c4ccccn4)CCC3CC2)c1. The summed E-state index contributed by atoms with van der Waals surface area (Å²) in [6.45, 7) is 0.911. The van der Waals surface area contributed by atoms with E-state index in [4.69, 9.17) is 21.9 Å². The second-order valence-electron chi connectivity index (χ2n) is 6.36. The molecule has 4 nitrogen and oxygen atoms in total. The van der Waals surface area contributed by atoms with Crippen LogP contribution in [0, 0.1) is 17.2 Å². The van der Waals surface area contributed by atoms with E-state index in [1.807, 2.05) is 30.3 Å². The molecule has 0 saturated carbocycles. The van der Waals surface area contributed by atoms with E-state index in [9.17, 15) is 0 Å². The van der Waals surface area contributed by atoms with Crippen LogP contribution < -0.4 is 4.90 Å². The molecule has 4 rings (SSSR count).